The lowest BCUT2D eigenvalue weighted by molar-refractivity contribution is 1.01. The largest absolute Gasteiger partial charge is 0.399 e. The minimum absolute atomic E-state index is 0.0764. The molecule has 1 aromatic carbocycles. The summed E-state index contributed by atoms with van der Waals surface area (Å²) in [6, 6.07) is 5.39. The van der Waals surface area contributed by atoms with E-state index < -0.39 is 0 Å². The van der Waals surface area contributed by atoms with Crippen molar-refractivity contribution in [2.75, 3.05) is 11.5 Å². The Bertz CT molecular complexity index is 808. The molecule has 3 aromatic rings. The van der Waals surface area contributed by atoms with Crippen LogP contribution in [0.25, 0.3) is 11.0 Å². The monoisotopic (exact) mass is 274 g/mol. The van der Waals surface area contributed by atoms with Gasteiger partial charge in [-0.3, -0.25) is 4.79 Å². The maximum Gasteiger partial charge on any atom is 0.275 e. The lowest BCUT2D eigenvalue weighted by Gasteiger charge is -1.99. The molecule has 0 spiro atoms. The Morgan fingerprint density at radius 2 is 2.11 bits per heavy atom. The molecule has 7 nitrogen and oxygen atoms in total. The standard InChI is InChI=1S/C11H10N6OS/c12-5-1-2-6-7(3-5)17-11(16-6)19-10-8(13)9(18)14-4-15-10/h1-4H,12-13H2,(H,16,17)(H,14,15,18). The van der Waals surface area contributed by atoms with Crippen LogP contribution in [0, 0.1) is 0 Å². The first-order chi connectivity index (χ1) is 9.13. The summed E-state index contributed by atoms with van der Waals surface area (Å²) in [6.07, 6.45) is 1.31. The highest BCUT2D eigenvalue weighted by Gasteiger charge is 2.10. The predicted molar refractivity (Wildman–Crippen MR) is 73.9 cm³/mol. The number of anilines is 2. The van der Waals surface area contributed by atoms with Gasteiger partial charge in [0.2, 0.25) is 0 Å². The maximum atomic E-state index is 11.4. The van der Waals surface area contributed by atoms with Crippen LogP contribution in [0.1, 0.15) is 0 Å². The Morgan fingerprint density at radius 3 is 2.95 bits per heavy atom. The van der Waals surface area contributed by atoms with Crippen LogP contribution in [0.15, 0.2) is 39.5 Å². The molecule has 0 aliphatic carbocycles. The van der Waals surface area contributed by atoms with Crippen LogP contribution in [0.5, 0.6) is 0 Å². The summed E-state index contributed by atoms with van der Waals surface area (Å²) in [5.41, 5.74) is 13.3. The van der Waals surface area contributed by atoms with Gasteiger partial charge >= 0.3 is 0 Å². The summed E-state index contributed by atoms with van der Waals surface area (Å²) >= 11 is 1.20. The summed E-state index contributed by atoms with van der Waals surface area (Å²) in [5, 5.41) is 1.01. The number of H-pyrrole nitrogens is 2. The Hall–Kier alpha value is -2.48. The Labute approximate surface area is 111 Å². The highest BCUT2D eigenvalue weighted by molar-refractivity contribution is 7.99. The van der Waals surface area contributed by atoms with Gasteiger partial charge in [0.25, 0.3) is 5.56 Å². The molecule has 2 heterocycles. The Balaban J connectivity index is 2.01. The number of imidazole rings is 1. The van der Waals surface area contributed by atoms with E-state index in [2.05, 4.69) is 19.9 Å². The normalized spacial score (nSPS) is 10.9. The minimum Gasteiger partial charge on any atom is -0.399 e. The van der Waals surface area contributed by atoms with Crippen molar-refractivity contribution in [3.63, 3.8) is 0 Å². The van der Waals surface area contributed by atoms with Crippen molar-refractivity contribution >= 4 is 34.2 Å². The number of aromatic amines is 2. The van der Waals surface area contributed by atoms with E-state index in [4.69, 9.17) is 11.5 Å². The van der Waals surface area contributed by atoms with Crippen LogP contribution >= 0.6 is 11.8 Å². The molecule has 0 aliphatic rings. The zero-order valence-electron chi connectivity index (χ0n) is 9.68. The van der Waals surface area contributed by atoms with Crippen molar-refractivity contribution < 1.29 is 0 Å². The third kappa shape index (κ3) is 2.13. The average Bonchev–Trinajstić information content (AvgIpc) is 2.76. The van der Waals surface area contributed by atoms with Crippen LogP contribution in [0.4, 0.5) is 11.4 Å². The zero-order chi connectivity index (χ0) is 13.4. The minimum atomic E-state index is -0.363. The van der Waals surface area contributed by atoms with Crippen molar-refractivity contribution in [2.24, 2.45) is 0 Å². The van der Waals surface area contributed by atoms with Gasteiger partial charge in [-0.15, -0.1) is 0 Å². The van der Waals surface area contributed by atoms with Crippen molar-refractivity contribution in [3.05, 3.63) is 34.9 Å². The highest BCUT2D eigenvalue weighted by atomic mass is 32.2. The van der Waals surface area contributed by atoms with Crippen LogP contribution < -0.4 is 17.0 Å². The molecular weight excluding hydrogens is 264 g/mol. The second-order valence-electron chi connectivity index (χ2n) is 3.87. The van der Waals surface area contributed by atoms with Gasteiger partial charge in [0.1, 0.15) is 10.7 Å². The smallest absolute Gasteiger partial charge is 0.275 e. The quantitative estimate of drug-likeness (QED) is 0.407. The van der Waals surface area contributed by atoms with E-state index in [1.54, 1.807) is 12.1 Å². The van der Waals surface area contributed by atoms with Crippen molar-refractivity contribution in [2.45, 2.75) is 10.2 Å². The molecule has 3 rings (SSSR count). The van der Waals surface area contributed by atoms with Crippen molar-refractivity contribution in [1.82, 2.24) is 19.9 Å². The summed E-state index contributed by atoms with van der Waals surface area (Å²) in [7, 11) is 0. The second kappa shape index (κ2) is 4.32. The fraction of sp³-hybridized carbons (Fsp3) is 0. The molecule has 8 heteroatoms. The number of hydrogen-bond acceptors (Lipinski definition) is 6. The number of aromatic nitrogens is 4. The summed E-state index contributed by atoms with van der Waals surface area (Å²) in [6.45, 7) is 0. The topological polar surface area (TPSA) is 126 Å². The summed E-state index contributed by atoms with van der Waals surface area (Å²) in [5.74, 6) is 0. The van der Waals surface area contributed by atoms with E-state index in [1.807, 2.05) is 6.07 Å². The van der Waals surface area contributed by atoms with Gasteiger partial charge < -0.3 is 21.4 Å². The second-order valence-corrected chi connectivity index (χ2v) is 4.85. The lowest BCUT2D eigenvalue weighted by atomic mass is 10.3. The molecule has 0 saturated carbocycles. The van der Waals surface area contributed by atoms with E-state index in [0.29, 0.717) is 15.9 Å². The Kier molecular flexibility index (Phi) is 2.64. The predicted octanol–water partition coefficient (Wildman–Crippen LogP) is 0.962. The van der Waals surface area contributed by atoms with Gasteiger partial charge in [0.15, 0.2) is 5.16 Å². The molecule has 0 bridgehead atoms. The van der Waals surface area contributed by atoms with Gasteiger partial charge in [-0.25, -0.2) is 9.97 Å². The number of nitrogens with zero attached hydrogens (tertiary/aromatic N) is 2. The third-order valence-corrected chi connectivity index (χ3v) is 3.44. The Morgan fingerprint density at radius 1 is 1.26 bits per heavy atom. The van der Waals surface area contributed by atoms with Crippen LogP contribution in [-0.2, 0) is 0 Å². The fourth-order valence-electron chi connectivity index (χ4n) is 1.62. The first kappa shape index (κ1) is 11.6. The molecule has 19 heavy (non-hydrogen) atoms. The van der Waals surface area contributed by atoms with Gasteiger partial charge in [-0.05, 0) is 30.0 Å². The third-order valence-electron chi connectivity index (χ3n) is 2.53. The summed E-state index contributed by atoms with van der Waals surface area (Å²) in [4.78, 5) is 25.3. The number of nitrogens with one attached hydrogen (secondary N) is 2. The van der Waals surface area contributed by atoms with Crippen molar-refractivity contribution in [1.29, 1.82) is 0 Å². The fourth-order valence-corrected chi connectivity index (χ4v) is 2.42. The van der Waals surface area contributed by atoms with E-state index in [-0.39, 0.29) is 11.2 Å². The molecule has 6 N–H and O–H groups in total. The molecule has 0 radical (unpaired) electrons. The number of nitrogen functional groups attached to an aromatic ring is 2. The summed E-state index contributed by atoms with van der Waals surface area (Å²) < 4.78 is 0. The molecule has 0 saturated heterocycles. The van der Waals surface area contributed by atoms with Gasteiger partial charge in [-0.2, -0.15) is 0 Å². The van der Waals surface area contributed by atoms with Gasteiger partial charge in [0, 0.05) is 5.69 Å². The molecule has 0 unspecified atom stereocenters. The molecule has 2 aromatic heterocycles. The van der Waals surface area contributed by atoms with Crippen LogP contribution in [-0.4, -0.2) is 19.9 Å². The number of hydrogen-bond donors (Lipinski definition) is 4. The molecule has 0 atom stereocenters. The van der Waals surface area contributed by atoms with Gasteiger partial charge in [-0.1, -0.05) is 0 Å². The number of nitrogens with two attached hydrogens (primary N) is 2. The SMILES string of the molecule is Nc1ccc2nc(Sc3nc[nH]c(=O)c3N)[nH]c2c1. The first-order valence-corrected chi connectivity index (χ1v) is 6.21. The number of rotatable bonds is 2. The zero-order valence-corrected chi connectivity index (χ0v) is 10.5. The maximum absolute atomic E-state index is 11.4. The van der Waals surface area contributed by atoms with Crippen LogP contribution in [0.2, 0.25) is 0 Å². The molecule has 0 aliphatic heterocycles. The van der Waals surface area contributed by atoms with Gasteiger partial charge in [0.05, 0.1) is 17.4 Å². The van der Waals surface area contributed by atoms with E-state index in [9.17, 15) is 4.79 Å². The average molecular weight is 274 g/mol. The first-order valence-electron chi connectivity index (χ1n) is 5.40. The van der Waals surface area contributed by atoms with Crippen LogP contribution in [0.3, 0.4) is 0 Å². The lowest BCUT2D eigenvalue weighted by Crippen LogP contribution is -2.13. The molecule has 0 fully saturated rings. The van der Waals surface area contributed by atoms with E-state index in [1.165, 1.54) is 18.1 Å². The molecular formula is C11H10N6OS. The number of benzene rings is 1. The molecule has 0 amide bonds. The van der Waals surface area contributed by atoms with E-state index >= 15 is 0 Å². The highest BCUT2D eigenvalue weighted by Crippen LogP contribution is 2.28. The molecule has 96 valence electrons. The van der Waals surface area contributed by atoms with E-state index in [0.717, 1.165) is 11.0 Å². The number of fused-ring (bicyclic) bond motifs is 1. The van der Waals surface area contributed by atoms with Crippen molar-refractivity contribution in [3.8, 4) is 0 Å².